The highest BCUT2D eigenvalue weighted by molar-refractivity contribution is 9.10. The number of hydrogen-bond donors (Lipinski definition) is 1. The van der Waals surface area contributed by atoms with Gasteiger partial charge in [0, 0.05) is 24.2 Å². The molecule has 2 N–H and O–H groups in total. The predicted octanol–water partition coefficient (Wildman–Crippen LogP) is 1.25. The molecule has 0 radical (unpaired) electrons. The minimum absolute atomic E-state index is 0.0327. The van der Waals surface area contributed by atoms with Crippen LogP contribution in [0.3, 0.4) is 0 Å². The number of nitro groups is 1. The molecule has 0 saturated carbocycles. The number of pyridine rings is 1. The van der Waals surface area contributed by atoms with E-state index in [0.717, 1.165) is 0 Å². The second-order valence-electron chi connectivity index (χ2n) is 2.44. The molecule has 0 bridgehead atoms. The summed E-state index contributed by atoms with van der Waals surface area (Å²) in [5.41, 5.74) is 5.97. The molecule has 0 unspecified atom stereocenters. The predicted molar refractivity (Wildman–Crippen MR) is 51.3 cm³/mol. The summed E-state index contributed by atoms with van der Waals surface area (Å²) < 4.78 is 0.463. The summed E-state index contributed by atoms with van der Waals surface area (Å²) in [6, 6.07) is 2.79. The maximum absolute atomic E-state index is 10.4. The molecule has 0 atom stereocenters. The fourth-order valence-corrected chi connectivity index (χ4v) is 1.38. The van der Waals surface area contributed by atoms with Gasteiger partial charge in [-0.25, -0.2) is 4.98 Å². The lowest BCUT2D eigenvalue weighted by molar-refractivity contribution is -0.385. The lowest BCUT2D eigenvalue weighted by atomic mass is 10.2. The van der Waals surface area contributed by atoms with Crippen LogP contribution < -0.4 is 5.73 Å². The summed E-state index contributed by atoms with van der Waals surface area (Å²) in [5.74, 6) is 0. The Balaban J connectivity index is 3.03. The molecule has 0 aromatic carbocycles. The highest BCUT2D eigenvalue weighted by Gasteiger charge is 2.08. The summed E-state index contributed by atoms with van der Waals surface area (Å²) in [5, 5.41) is 10.4. The van der Waals surface area contributed by atoms with Gasteiger partial charge < -0.3 is 5.73 Å². The van der Waals surface area contributed by atoms with Gasteiger partial charge in [-0.2, -0.15) is 0 Å². The van der Waals surface area contributed by atoms with Crippen LogP contribution >= 0.6 is 15.9 Å². The van der Waals surface area contributed by atoms with Gasteiger partial charge in [-0.05, 0) is 22.5 Å². The van der Waals surface area contributed by atoms with E-state index in [1.165, 1.54) is 12.1 Å². The van der Waals surface area contributed by atoms with Crippen molar-refractivity contribution in [1.82, 2.24) is 4.98 Å². The lowest BCUT2D eigenvalue weighted by Crippen LogP contribution is -2.05. The van der Waals surface area contributed by atoms with Crippen LogP contribution in [0.2, 0.25) is 0 Å². The van der Waals surface area contributed by atoms with Crippen molar-refractivity contribution in [2.75, 3.05) is 6.54 Å². The molecule has 0 amide bonds. The van der Waals surface area contributed by atoms with Crippen LogP contribution in [0.5, 0.6) is 0 Å². The fraction of sp³-hybridized carbons (Fsp3) is 0.286. The number of nitrogens with zero attached hydrogens (tertiary/aromatic N) is 2. The number of aromatic nitrogens is 1. The van der Waals surface area contributed by atoms with Crippen molar-refractivity contribution in [3.63, 3.8) is 0 Å². The van der Waals surface area contributed by atoms with Crippen molar-refractivity contribution in [3.8, 4) is 0 Å². The van der Waals surface area contributed by atoms with E-state index in [0.29, 0.717) is 23.3 Å². The smallest absolute Gasteiger partial charge is 0.273 e. The van der Waals surface area contributed by atoms with Crippen LogP contribution in [0, 0.1) is 10.1 Å². The molecule has 0 spiro atoms. The first-order valence-electron chi connectivity index (χ1n) is 3.64. The molecule has 1 rings (SSSR count). The van der Waals surface area contributed by atoms with Gasteiger partial charge >= 0.3 is 0 Å². The van der Waals surface area contributed by atoms with Gasteiger partial charge in [0.1, 0.15) is 4.60 Å². The summed E-state index contributed by atoms with van der Waals surface area (Å²) in [6.07, 6.45) is 0.542. The van der Waals surface area contributed by atoms with E-state index in [2.05, 4.69) is 20.9 Å². The molecular formula is C7H8BrN3O2. The normalized spacial score (nSPS) is 10.0. The maximum atomic E-state index is 10.4. The van der Waals surface area contributed by atoms with E-state index in [9.17, 15) is 10.1 Å². The van der Waals surface area contributed by atoms with Gasteiger partial charge in [0.15, 0.2) is 0 Å². The zero-order chi connectivity index (χ0) is 9.84. The van der Waals surface area contributed by atoms with Crippen LogP contribution in [0.4, 0.5) is 5.69 Å². The number of rotatable bonds is 3. The summed E-state index contributed by atoms with van der Waals surface area (Å²) >= 11 is 3.09. The molecule has 0 saturated heterocycles. The Morgan fingerprint density at radius 2 is 2.31 bits per heavy atom. The molecule has 1 heterocycles. The van der Waals surface area contributed by atoms with Crippen molar-refractivity contribution < 1.29 is 4.92 Å². The monoisotopic (exact) mass is 245 g/mol. The van der Waals surface area contributed by atoms with Gasteiger partial charge in [-0.15, -0.1) is 0 Å². The highest BCUT2D eigenvalue weighted by atomic mass is 79.9. The molecule has 1 aromatic heterocycles. The molecule has 6 heteroatoms. The first kappa shape index (κ1) is 10.1. The molecule has 70 valence electrons. The Bertz CT molecular complexity index is 330. The fourth-order valence-electron chi connectivity index (χ4n) is 0.918. The zero-order valence-corrected chi connectivity index (χ0v) is 8.32. The molecule has 0 aliphatic heterocycles. The number of halogens is 1. The summed E-state index contributed by atoms with van der Waals surface area (Å²) in [7, 11) is 0. The molecule has 0 fully saturated rings. The minimum Gasteiger partial charge on any atom is -0.330 e. The SMILES string of the molecule is NCCc1cc([N+](=O)[O-])cc(Br)n1. The Labute approximate surface area is 83.2 Å². The summed E-state index contributed by atoms with van der Waals surface area (Å²) in [4.78, 5) is 14.0. The number of hydrogen-bond acceptors (Lipinski definition) is 4. The van der Waals surface area contributed by atoms with Gasteiger partial charge in [0.25, 0.3) is 5.69 Å². The highest BCUT2D eigenvalue weighted by Crippen LogP contribution is 2.17. The van der Waals surface area contributed by atoms with E-state index in [-0.39, 0.29) is 5.69 Å². The third kappa shape index (κ3) is 2.74. The van der Waals surface area contributed by atoms with Crippen LogP contribution in [-0.4, -0.2) is 16.5 Å². The molecule has 13 heavy (non-hydrogen) atoms. The topological polar surface area (TPSA) is 82.0 Å². The van der Waals surface area contributed by atoms with Gasteiger partial charge in [-0.1, -0.05) is 0 Å². The van der Waals surface area contributed by atoms with E-state index < -0.39 is 4.92 Å². The second-order valence-corrected chi connectivity index (χ2v) is 3.25. The largest absolute Gasteiger partial charge is 0.330 e. The second kappa shape index (κ2) is 4.29. The average molecular weight is 246 g/mol. The van der Waals surface area contributed by atoms with Crippen molar-refractivity contribution in [2.45, 2.75) is 6.42 Å². The Morgan fingerprint density at radius 3 is 2.85 bits per heavy atom. The van der Waals surface area contributed by atoms with E-state index in [1.807, 2.05) is 0 Å². The standard InChI is InChI=1S/C7H8BrN3O2/c8-7-4-6(11(12)13)3-5(10-7)1-2-9/h3-4H,1-2,9H2. The summed E-state index contributed by atoms with van der Waals surface area (Å²) in [6.45, 7) is 0.431. The van der Waals surface area contributed by atoms with Crippen LogP contribution in [-0.2, 0) is 6.42 Å². The van der Waals surface area contributed by atoms with Crippen LogP contribution in [0.25, 0.3) is 0 Å². The average Bonchev–Trinajstić information content (AvgIpc) is 2.03. The van der Waals surface area contributed by atoms with Gasteiger partial charge in [0.2, 0.25) is 0 Å². The molecule has 0 aliphatic rings. The van der Waals surface area contributed by atoms with Gasteiger partial charge in [-0.3, -0.25) is 10.1 Å². The molecule has 0 aliphatic carbocycles. The van der Waals surface area contributed by atoms with Crippen LogP contribution in [0.1, 0.15) is 5.69 Å². The number of nitrogens with two attached hydrogens (primary N) is 1. The molecule has 5 nitrogen and oxygen atoms in total. The third-order valence-corrected chi connectivity index (χ3v) is 1.85. The maximum Gasteiger partial charge on any atom is 0.273 e. The Kier molecular flexibility index (Phi) is 3.32. The molecular weight excluding hydrogens is 238 g/mol. The zero-order valence-electron chi connectivity index (χ0n) is 6.74. The quantitative estimate of drug-likeness (QED) is 0.494. The van der Waals surface area contributed by atoms with E-state index in [4.69, 9.17) is 5.73 Å². The first-order valence-corrected chi connectivity index (χ1v) is 4.43. The Morgan fingerprint density at radius 1 is 1.62 bits per heavy atom. The Hall–Kier alpha value is -1.01. The van der Waals surface area contributed by atoms with E-state index in [1.54, 1.807) is 0 Å². The van der Waals surface area contributed by atoms with Gasteiger partial charge in [0.05, 0.1) is 4.92 Å². The van der Waals surface area contributed by atoms with Crippen LogP contribution in [0.15, 0.2) is 16.7 Å². The van der Waals surface area contributed by atoms with E-state index >= 15 is 0 Å². The lowest BCUT2D eigenvalue weighted by Gasteiger charge is -1.98. The van der Waals surface area contributed by atoms with Crippen molar-refractivity contribution >= 4 is 21.6 Å². The first-order chi connectivity index (χ1) is 6.13. The van der Waals surface area contributed by atoms with Crippen molar-refractivity contribution in [1.29, 1.82) is 0 Å². The minimum atomic E-state index is -0.452. The van der Waals surface area contributed by atoms with Crippen molar-refractivity contribution in [3.05, 3.63) is 32.5 Å². The van der Waals surface area contributed by atoms with Crippen molar-refractivity contribution in [2.24, 2.45) is 5.73 Å². The molecule has 1 aromatic rings. The third-order valence-electron chi connectivity index (χ3n) is 1.44.